The monoisotopic (exact) mass is 452 g/mol. The summed E-state index contributed by atoms with van der Waals surface area (Å²) >= 11 is 0. The van der Waals surface area contributed by atoms with Crippen molar-refractivity contribution in [1.29, 1.82) is 0 Å². The number of rotatable bonds is 8. The third-order valence-corrected chi connectivity index (χ3v) is 9.49. The topological polar surface area (TPSA) is 26.3 Å². The van der Waals surface area contributed by atoms with Gasteiger partial charge in [0.15, 0.2) is 0 Å². The van der Waals surface area contributed by atoms with Crippen molar-refractivity contribution in [3.8, 4) is 0 Å². The molecule has 0 aliphatic heterocycles. The fourth-order valence-electron chi connectivity index (χ4n) is 7.35. The minimum absolute atomic E-state index is 0.131. The van der Waals surface area contributed by atoms with E-state index in [4.69, 9.17) is 4.74 Å². The molecule has 33 heavy (non-hydrogen) atoms. The van der Waals surface area contributed by atoms with Gasteiger partial charge < -0.3 is 4.74 Å². The molecule has 0 heterocycles. The van der Waals surface area contributed by atoms with Gasteiger partial charge in [-0.2, -0.15) is 0 Å². The van der Waals surface area contributed by atoms with Crippen LogP contribution >= 0.6 is 0 Å². The Morgan fingerprint density at radius 3 is 2.00 bits per heavy atom. The SMILES string of the molecule is CCCC1CCC(OC(=O)C2CCC(C3CCC(CC(C)c4ccccc4)CC3)CC2)CC1. The fourth-order valence-corrected chi connectivity index (χ4v) is 7.35. The molecular weight excluding hydrogens is 404 g/mol. The van der Waals surface area contributed by atoms with E-state index in [0.29, 0.717) is 5.92 Å². The van der Waals surface area contributed by atoms with Crippen molar-refractivity contribution in [2.24, 2.45) is 29.6 Å². The maximum absolute atomic E-state index is 12.8. The maximum Gasteiger partial charge on any atom is 0.309 e. The zero-order chi connectivity index (χ0) is 23.0. The number of carbonyl (C=O) groups excluding carboxylic acids is 1. The molecule has 3 fully saturated rings. The summed E-state index contributed by atoms with van der Waals surface area (Å²) < 4.78 is 5.99. The van der Waals surface area contributed by atoms with Crippen LogP contribution in [0.3, 0.4) is 0 Å². The van der Waals surface area contributed by atoms with Gasteiger partial charge in [-0.15, -0.1) is 0 Å². The van der Waals surface area contributed by atoms with Crippen molar-refractivity contribution >= 4 is 5.97 Å². The van der Waals surface area contributed by atoms with E-state index in [9.17, 15) is 4.79 Å². The number of hydrogen-bond donors (Lipinski definition) is 0. The van der Waals surface area contributed by atoms with Crippen LogP contribution in [0, 0.1) is 29.6 Å². The van der Waals surface area contributed by atoms with Crippen molar-refractivity contribution in [2.75, 3.05) is 0 Å². The van der Waals surface area contributed by atoms with Crippen LogP contribution < -0.4 is 0 Å². The Balaban J connectivity index is 1.13. The van der Waals surface area contributed by atoms with Crippen molar-refractivity contribution < 1.29 is 9.53 Å². The molecule has 3 aliphatic rings. The minimum atomic E-state index is 0.131. The first-order valence-corrected chi connectivity index (χ1v) is 14.4. The molecule has 0 spiro atoms. The van der Waals surface area contributed by atoms with Gasteiger partial charge in [0.25, 0.3) is 0 Å². The predicted octanol–water partition coefficient (Wildman–Crippen LogP) is 8.70. The smallest absolute Gasteiger partial charge is 0.309 e. The quantitative estimate of drug-likeness (QED) is 0.369. The Morgan fingerprint density at radius 2 is 1.39 bits per heavy atom. The summed E-state index contributed by atoms with van der Waals surface area (Å²) in [5.41, 5.74) is 1.50. The minimum Gasteiger partial charge on any atom is -0.462 e. The molecule has 3 saturated carbocycles. The van der Waals surface area contributed by atoms with Gasteiger partial charge in [0.2, 0.25) is 0 Å². The molecule has 2 heteroatoms. The number of hydrogen-bond acceptors (Lipinski definition) is 2. The van der Waals surface area contributed by atoms with Gasteiger partial charge in [-0.25, -0.2) is 0 Å². The van der Waals surface area contributed by atoms with Crippen LogP contribution in [0.1, 0.15) is 122 Å². The van der Waals surface area contributed by atoms with Gasteiger partial charge in [-0.05, 0) is 106 Å². The van der Waals surface area contributed by atoms with Crippen LogP contribution in [-0.4, -0.2) is 12.1 Å². The molecule has 0 radical (unpaired) electrons. The highest BCUT2D eigenvalue weighted by Crippen LogP contribution is 2.43. The van der Waals surface area contributed by atoms with Crippen LogP contribution in [0.5, 0.6) is 0 Å². The van der Waals surface area contributed by atoms with E-state index >= 15 is 0 Å². The largest absolute Gasteiger partial charge is 0.462 e. The molecular formula is C31H48O2. The fraction of sp³-hybridized carbons (Fsp3) is 0.774. The molecule has 1 aromatic rings. The summed E-state index contributed by atoms with van der Waals surface area (Å²) in [6, 6.07) is 11.0. The van der Waals surface area contributed by atoms with E-state index in [1.807, 2.05) is 0 Å². The van der Waals surface area contributed by atoms with Crippen molar-refractivity contribution in [3.05, 3.63) is 35.9 Å². The Hall–Kier alpha value is -1.31. The molecule has 3 aliphatic carbocycles. The molecule has 4 rings (SSSR count). The van der Waals surface area contributed by atoms with Crippen molar-refractivity contribution in [3.63, 3.8) is 0 Å². The van der Waals surface area contributed by atoms with Crippen molar-refractivity contribution in [2.45, 2.75) is 122 Å². The zero-order valence-electron chi connectivity index (χ0n) is 21.4. The second-order valence-electron chi connectivity index (χ2n) is 11.8. The summed E-state index contributed by atoms with van der Waals surface area (Å²) in [5.74, 6) is 4.51. The van der Waals surface area contributed by atoms with Gasteiger partial charge >= 0.3 is 5.97 Å². The highest BCUT2D eigenvalue weighted by atomic mass is 16.5. The standard InChI is InChI=1S/C31H48O2/c1-3-7-24-12-20-30(21-13-24)33-31(32)29-18-16-28(17-19-29)27-14-10-25(11-15-27)22-23(2)26-8-5-4-6-9-26/h4-6,8-9,23-25,27-30H,3,7,10-22H2,1-2H3. The zero-order valence-corrected chi connectivity index (χ0v) is 21.4. The van der Waals surface area contributed by atoms with Crippen LogP contribution in [0.15, 0.2) is 30.3 Å². The Morgan fingerprint density at radius 1 is 0.818 bits per heavy atom. The second-order valence-corrected chi connectivity index (χ2v) is 11.8. The van der Waals surface area contributed by atoms with Gasteiger partial charge in [0.1, 0.15) is 6.10 Å². The third-order valence-electron chi connectivity index (χ3n) is 9.49. The molecule has 0 N–H and O–H groups in total. The molecule has 2 nitrogen and oxygen atoms in total. The molecule has 1 aromatic carbocycles. The molecule has 0 amide bonds. The number of benzene rings is 1. The summed E-state index contributed by atoms with van der Waals surface area (Å²) in [7, 11) is 0. The van der Waals surface area contributed by atoms with E-state index in [0.717, 1.165) is 49.4 Å². The first kappa shape index (κ1) is 24.8. The Labute approximate surface area is 203 Å². The molecule has 1 unspecified atom stereocenters. The lowest BCUT2D eigenvalue weighted by atomic mass is 9.68. The van der Waals surface area contributed by atoms with Crippen LogP contribution in [0.25, 0.3) is 0 Å². The molecule has 0 saturated heterocycles. The molecule has 0 aromatic heterocycles. The molecule has 184 valence electrons. The van der Waals surface area contributed by atoms with E-state index in [1.54, 1.807) is 0 Å². The lowest BCUT2D eigenvalue weighted by molar-refractivity contribution is -0.157. The van der Waals surface area contributed by atoms with Gasteiger partial charge in [-0.1, -0.05) is 69.9 Å². The van der Waals surface area contributed by atoms with E-state index in [-0.39, 0.29) is 18.0 Å². The molecule has 0 bridgehead atoms. The lowest BCUT2D eigenvalue weighted by Gasteiger charge is -2.38. The van der Waals surface area contributed by atoms with Gasteiger partial charge in [0.05, 0.1) is 5.92 Å². The highest BCUT2D eigenvalue weighted by Gasteiger charge is 2.35. The van der Waals surface area contributed by atoms with Crippen LogP contribution in [0.4, 0.5) is 0 Å². The lowest BCUT2D eigenvalue weighted by Crippen LogP contribution is -2.32. The normalized spacial score (nSPS) is 33.9. The van der Waals surface area contributed by atoms with E-state index < -0.39 is 0 Å². The Bertz CT molecular complexity index is 689. The third kappa shape index (κ3) is 7.09. The summed E-state index contributed by atoms with van der Waals surface area (Å²) in [6.07, 6.45) is 19.1. The molecule has 1 atom stereocenters. The van der Waals surface area contributed by atoms with E-state index in [1.165, 1.54) is 76.2 Å². The number of ether oxygens (including phenoxy) is 1. The first-order valence-electron chi connectivity index (χ1n) is 14.4. The summed E-state index contributed by atoms with van der Waals surface area (Å²) in [5, 5.41) is 0. The van der Waals surface area contributed by atoms with Crippen LogP contribution in [-0.2, 0) is 9.53 Å². The Kier molecular flexibility index (Phi) is 9.33. The first-order chi connectivity index (χ1) is 16.1. The van der Waals surface area contributed by atoms with E-state index in [2.05, 4.69) is 44.2 Å². The van der Waals surface area contributed by atoms with Crippen molar-refractivity contribution in [1.82, 2.24) is 0 Å². The summed E-state index contributed by atoms with van der Waals surface area (Å²) in [4.78, 5) is 12.8. The highest BCUT2D eigenvalue weighted by molar-refractivity contribution is 5.72. The van der Waals surface area contributed by atoms with Gasteiger partial charge in [-0.3, -0.25) is 4.79 Å². The summed E-state index contributed by atoms with van der Waals surface area (Å²) in [6.45, 7) is 4.68. The van der Waals surface area contributed by atoms with Gasteiger partial charge in [0, 0.05) is 0 Å². The average molecular weight is 453 g/mol. The second kappa shape index (κ2) is 12.4. The number of carbonyl (C=O) groups is 1. The van der Waals surface area contributed by atoms with Crippen LogP contribution in [0.2, 0.25) is 0 Å². The predicted molar refractivity (Wildman–Crippen MR) is 137 cm³/mol. The average Bonchev–Trinajstić information content (AvgIpc) is 2.86. The maximum atomic E-state index is 12.8. The number of esters is 1.